The molecular weight excluding hydrogens is 302 g/mol. The molecule has 0 radical (unpaired) electrons. The number of likely N-dealkylation sites (N-methyl/N-ethyl adjacent to an activating group) is 1. The minimum atomic E-state index is -1.08. The molecule has 1 aliphatic rings. The van der Waals surface area contributed by atoms with E-state index in [1.54, 1.807) is 18.7 Å². The summed E-state index contributed by atoms with van der Waals surface area (Å²) >= 11 is 0. The zero-order valence-electron chi connectivity index (χ0n) is 15.4. The van der Waals surface area contributed by atoms with Crippen LogP contribution in [0.4, 0.5) is 5.69 Å². The van der Waals surface area contributed by atoms with E-state index in [0.29, 0.717) is 19.0 Å². The lowest BCUT2D eigenvalue weighted by atomic mass is 9.89. The summed E-state index contributed by atoms with van der Waals surface area (Å²) in [5.41, 5.74) is 0.783. The molecule has 132 valence electrons. The van der Waals surface area contributed by atoms with Crippen molar-refractivity contribution in [2.45, 2.75) is 33.6 Å². The number of nitrogens with zero attached hydrogens (tertiary/aromatic N) is 2. The fourth-order valence-electron chi connectivity index (χ4n) is 2.89. The molecular formula is C19H29N3O2. The van der Waals surface area contributed by atoms with E-state index in [-0.39, 0.29) is 11.8 Å². The summed E-state index contributed by atoms with van der Waals surface area (Å²) in [6.07, 6.45) is 0. The summed E-state index contributed by atoms with van der Waals surface area (Å²) in [7, 11) is 2.04. The van der Waals surface area contributed by atoms with Crippen molar-refractivity contribution in [2.24, 2.45) is 5.41 Å². The molecule has 2 rings (SSSR count). The summed E-state index contributed by atoms with van der Waals surface area (Å²) in [6, 6.07) is 7.77. The van der Waals surface area contributed by atoms with Gasteiger partial charge in [-0.2, -0.15) is 0 Å². The minimum absolute atomic E-state index is 0.102. The molecule has 24 heavy (non-hydrogen) atoms. The van der Waals surface area contributed by atoms with E-state index in [0.717, 1.165) is 24.3 Å². The number of carbonyl (C=O) groups excluding carboxylic acids is 2. The van der Waals surface area contributed by atoms with Gasteiger partial charge in [-0.25, -0.2) is 0 Å². The van der Waals surface area contributed by atoms with Crippen LogP contribution in [0.25, 0.3) is 0 Å². The lowest BCUT2D eigenvalue weighted by Crippen LogP contribution is -2.53. The smallest absolute Gasteiger partial charge is 0.239 e. The molecule has 5 heteroatoms. The van der Waals surface area contributed by atoms with Gasteiger partial charge in [0.1, 0.15) is 5.41 Å². The fraction of sp³-hybridized carbons (Fsp3) is 0.579. The highest BCUT2D eigenvalue weighted by molar-refractivity contribution is 6.10. The maximum Gasteiger partial charge on any atom is 0.239 e. The molecule has 1 fully saturated rings. The highest BCUT2D eigenvalue weighted by Gasteiger charge is 2.40. The molecule has 1 aliphatic heterocycles. The Morgan fingerprint density at radius 2 is 1.67 bits per heavy atom. The average molecular weight is 331 g/mol. The van der Waals surface area contributed by atoms with E-state index in [1.807, 2.05) is 31.3 Å². The molecule has 2 amide bonds. The maximum atomic E-state index is 12.8. The number of hydrogen-bond acceptors (Lipinski definition) is 3. The zero-order chi connectivity index (χ0) is 17.9. The second kappa shape index (κ2) is 7.34. The quantitative estimate of drug-likeness (QED) is 0.863. The molecule has 0 bridgehead atoms. The van der Waals surface area contributed by atoms with Crippen LogP contribution in [0, 0.1) is 5.41 Å². The Morgan fingerprint density at radius 1 is 1.08 bits per heavy atom. The van der Waals surface area contributed by atoms with Gasteiger partial charge in [0.25, 0.3) is 0 Å². The Bertz CT molecular complexity index is 602. The number of nitrogens with one attached hydrogen (secondary N) is 1. The first-order valence-electron chi connectivity index (χ1n) is 8.61. The Labute approximate surface area is 145 Å². The van der Waals surface area contributed by atoms with Crippen LogP contribution in [0.2, 0.25) is 0 Å². The number of hydrogen-bond donors (Lipinski definition) is 1. The van der Waals surface area contributed by atoms with Gasteiger partial charge in [-0.05, 0) is 38.4 Å². The topological polar surface area (TPSA) is 52.7 Å². The van der Waals surface area contributed by atoms with E-state index < -0.39 is 5.41 Å². The number of benzene rings is 1. The number of amides is 2. The molecule has 1 saturated heterocycles. The normalized spacial score (nSPS) is 16.3. The molecule has 0 spiro atoms. The number of piperazine rings is 1. The second-order valence-electron chi connectivity index (χ2n) is 7.42. The average Bonchev–Trinajstić information content (AvgIpc) is 2.55. The monoisotopic (exact) mass is 331 g/mol. The van der Waals surface area contributed by atoms with Crippen LogP contribution >= 0.6 is 0 Å². The van der Waals surface area contributed by atoms with Crippen LogP contribution in [0.1, 0.15) is 39.2 Å². The molecule has 0 aromatic heterocycles. The summed E-state index contributed by atoms with van der Waals surface area (Å²) in [6.45, 7) is 10.6. The maximum absolute atomic E-state index is 12.8. The summed E-state index contributed by atoms with van der Waals surface area (Å²) in [5.74, 6) is -0.0485. The lowest BCUT2D eigenvalue weighted by Gasteiger charge is -2.36. The first kappa shape index (κ1) is 18.5. The van der Waals surface area contributed by atoms with E-state index in [9.17, 15) is 9.59 Å². The van der Waals surface area contributed by atoms with Crippen LogP contribution < -0.4 is 5.32 Å². The number of para-hydroxylation sites is 1. The van der Waals surface area contributed by atoms with Crippen LogP contribution in [0.5, 0.6) is 0 Å². The van der Waals surface area contributed by atoms with Crippen molar-refractivity contribution in [3.05, 3.63) is 29.8 Å². The van der Waals surface area contributed by atoms with Crippen LogP contribution in [-0.2, 0) is 9.59 Å². The van der Waals surface area contributed by atoms with E-state index in [1.165, 1.54) is 0 Å². The zero-order valence-corrected chi connectivity index (χ0v) is 15.4. The van der Waals surface area contributed by atoms with Gasteiger partial charge < -0.3 is 15.1 Å². The highest BCUT2D eigenvalue weighted by atomic mass is 16.2. The Balaban J connectivity index is 2.11. The number of carbonyl (C=O) groups is 2. The number of anilines is 1. The molecule has 0 saturated carbocycles. The molecule has 1 aromatic rings. The van der Waals surface area contributed by atoms with Crippen molar-refractivity contribution in [1.82, 2.24) is 9.80 Å². The standard InChI is InChI=1S/C19H29N3O2/c1-14(2)15-8-6-7-9-16(15)20-17(23)19(3,4)18(24)22-12-10-21(5)11-13-22/h6-9,14H,10-13H2,1-5H3,(H,20,23). The van der Waals surface area contributed by atoms with Crippen molar-refractivity contribution >= 4 is 17.5 Å². The summed E-state index contributed by atoms with van der Waals surface area (Å²) in [5, 5.41) is 2.96. The Morgan fingerprint density at radius 3 is 2.25 bits per heavy atom. The lowest BCUT2D eigenvalue weighted by molar-refractivity contribution is -0.147. The second-order valence-corrected chi connectivity index (χ2v) is 7.42. The Hall–Kier alpha value is -1.88. The van der Waals surface area contributed by atoms with E-state index in [2.05, 4.69) is 24.1 Å². The van der Waals surface area contributed by atoms with Gasteiger partial charge in [0.05, 0.1) is 0 Å². The van der Waals surface area contributed by atoms with Crippen LogP contribution in [0.3, 0.4) is 0 Å². The van der Waals surface area contributed by atoms with Crippen LogP contribution in [-0.4, -0.2) is 54.8 Å². The van der Waals surface area contributed by atoms with Crippen molar-refractivity contribution in [2.75, 3.05) is 38.5 Å². The summed E-state index contributed by atoms with van der Waals surface area (Å²) < 4.78 is 0. The molecule has 0 atom stereocenters. The molecule has 1 heterocycles. The van der Waals surface area contributed by atoms with Crippen molar-refractivity contribution < 1.29 is 9.59 Å². The predicted octanol–water partition coefficient (Wildman–Crippen LogP) is 2.55. The third-order valence-electron chi connectivity index (χ3n) is 4.72. The van der Waals surface area contributed by atoms with Gasteiger partial charge in [-0.15, -0.1) is 0 Å². The van der Waals surface area contributed by atoms with Gasteiger partial charge >= 0.3 is 0 Å². The molecule has 0 unspecified atom stereocenters. The van der Waals surface area contributed by atoms with Gasteiger partial charge in [-0.3, -0.25) is 9.59 Å². The van der Waals surface area contributed by atoms with Crippen molar-refractivity contribution in [1.29, 1.82) is 0 Å². The molecule has 5 nitrogen and oxygen atoms in total. The van der Waals surface area contributed by atoms with E-state index >= 15 is 0 Å². The highest BCUT2D eigenvalue weighted by Crippen LogP contribution is 2.27. The van der Waals surface area contributed by atoms with Gasteiger partial charge in [0.2, 0.25) is 11.8 Å². The third kappa shape index (κ3) is 3.96. The van der Waals surface area contributed by atoms with Gasteiger partial charge in [0, 0.05) is 31.9 Å². The van der Waals surface area contributed by atoms with Crippen LogP contribution in [0.15, 0.2) is 24.3 Å². The van der Waals surface area contributed by atoms with Crippen molar-refractivity contribution in [3.63, 3.8) is 0 Å². The Kier molecular flexibility index (Phi) is 5.65. The SMILES string of the molecule is CC(C)c1ccccc1NC(=O)C(C)(C)C(=O)N1CCN(C)CC1. The minimum Gasteiger partial charge on any atom is -0.339 e. The first-order chi connectivity index (χ1) is 11.2. The van der Waals surface area contributed by atoms with Gasteiger partial charge in [-0.1, -0.05) is 32.0 Å². The largest absolute Gasteiger partial charge is 0.339 e. The third-order valence-corrected chi connectivity index (χ3v) is 4.72. The van der Waals surface area contributed by atoms with Crippen molar-refractivity contribution in [3.8, 4) is 0 Å². The summed E-state index contributed by atoms with van der Waals surface area (Å²) in [4.78, 5) is 29.6. The predicted molar refractivity (Wildman–Crippen MR) is 97.0 cm³/mol. The fourth-order valence-corrected chi connectivity index (χ4v) is 2.89. The first-order valence-corrected chi connectivity index (χ1v) is 8.61. The van der Waals surface area contributed by atoms with E-state index in [4.69, 9.17) is 0 Å². The molecule has 1 aromatic carbocycles. The number of rotatable bonds is 4. The molecule has 1 N–H and O–H groups in total. The van der Waals surface area contributed by atoms with Gasteiger partial charge in [0.15, 0.2) is 0 Å². The molecule has 0 aliphatic carbocycles.